The second kappa shape index (κ2) is 5.52. The Morgan fingerprint density at radius 3 is 2.33 bits per heavy atom. The summed E-state index contributed by atoms with van der Waals surface area (Å²) in [5.41, 5.74) is 0.529. The first-order chi connectivity index (χ1) is 5.74. The van der Waals surface area contributed by atoms with E-state index in [2.05, 4.69) is 4.98 Å². The third-order valence-corrected chi connectivity index (χ3v) is 1.22. The van der Waals surface area contributed by atoms with Gasteiger partial charge in [0.05, 0.1) is 7.11 Å². The van der Waals surface area contributed by atoms with Gasteiger partial charge >= 0.3 is 0 Å². The zero-order valence-electron chi connectivity index (χ0n) is 7.89. The summed E-state index contributed by atoms with van der Waals surface area (Å²) in [6, 6.07) is 3.25. The van der Waals surface area contributed by atoms with Gasteiger partial charge in [-0.2, -0.15) is 9.37 Å². The topological polar surface area (TPSA) is 22.1 Å². The Morgan fingerprint density at radius 1 is 1.33 bits per heavy atom. The third kappa shape index (κ3) is 2.86. The van der Waals surface area contributed by atoms with Gasteiger partial charge in [-0.15, -0.1) is 0 Å². The highest BCUT2D eigenvalue weighted by atomic mass is 19.1. The molecule has 0 atom stereocenters. The Balaban J connectivity index is 0.000000561. The van der Waals surface area contributed by atoms with E-state index in [4.69, 9.17) is 4.74 Å². The molecule has 2 nitrogen and oxygen atoms in total. The summed E-state index contributed by atoms with van der Waals surface area (Å²) in [6.45, 7) is 5.65. The molecule has 1 heterocycles. The van der Waals surface area contributed by atoms with Crippen LogP contribution in [0.3, 0.4) is 0 Å². The zero-order chi connectivity index (χ0) is 9.56. The van der Waals surface area contributed by atoms with Crippen LogP contribution in [0, 0.1) is 12.9 Å². The number of aromatic nitrogens is 1. The maximum atomic E-state index is 12.6. The maximum absolute atomic E-state index is 12.6. The number of nitrogens with zero attached hydrogens (tertiary/aromatic N) is 1. The molecule has 0 aliphatic carbocycles. The standard InChI is InChI=1S/C7H8FNO.C2H6/c1-5-3-4-6(10-2)9-7(5)8;1-2/h3-4H,1-2H3;1-2H3. The maximum Gasteiger partial charge on any atom is 0.219 e. The smallest absolute Gasteiger partial charge is 0.219 e. The average molecular weight is 171 g/mol. The van der Waals surface area contributed by atoms with E-state index in [-0.39, 0.29) is 0 Å². The Kier molecular flexibility index (Phi) is 5.00. The minimum absolute atomic E-state index is 0.308. The number of halogens is 1. The summed E-state index contributed by atoms with van der Waals surface area (Å²) in [4.78, 5) is 3.50. The van der Waals surface area contributed by atoms with E-state index in [0.29, 0.717) is 11.4 Å². The van der Waals surface area contributed by atoms with Gasteiger partial charge in [0.1, 0.15) is 0 Å². The van der Waals surface area contributed by atoms with Crippen molar-refractivity contribution in [1.82, 2.24) is 4.98 Å². The minimum atomic E-state index is -0.473. The molecule has 0 radical (unpaired) electrons. The van der Waals surface area contributed by atoms with Crippen LogP contribution >= 0.6 is 0 Å². The van der Waals surface area contributed by atoms with Crippen molar-refractivity contribution in [2.75, 3.05) is 7.11 Å². The van der Waals surface area contributed by atoms with Crippen LogP contribution in [0.25, 0.3) is 0 Å². The number of hydrogen-bond acceptors (Lipinski definition) is 2. The molecule has 0 amide bonds. The molecule has 1 rings (SSSR count). The molecule has 0 fully saturated rings. The highest BCUT2D eigenvalue weighted by molar-refractivity contribution is 5.17. The molecule has 1 aromatic heterocycles. The number of rotatable bonds is 1. The van der Waals surface area contributed by atoms with Crippen molar-refractivity contribution in [3.63, 3.8) is 0 Å². The van der Waals surface area contributed by atoms with Crippen LogP contribution in [-0.2, 0) is 0 Å². The molecule has 1 aromatic rings. The van der Waals surface area contributed by atoms with Gasteiger partial charge in [-0.3, -0.25) is 0 Å². The molecule has 3 heteroatoms. The molecule has 0 bridgehead atoms. The lowest BCUT2D eigenvalue weighted by molar-refractivity contribution is 0.386. The first-order valence-corrected chi connectivity index (χ1v) is 3.91. The summed E-state index contributed by atoms with van der Waals surface area (Å²) < 4.78 is 17.3. The van der Waals surface area contributed by atoms with E-state index in [1.807, 2.05) is 13.8 Å². The molecule has 0 saturated carbocycles. The van der Waals surface area contributed by atoms with E-state index >= 15 is 0 Å². The molecule has 0 unspecified atom stereocenters. The third-order valence-electron chi connectivity index (χ3n) is 1.22. The van der Waals surface area contributed by atoms with Crippen LogP contribution in [0.4, 0.5) is 4.39 Å². The first-order valence-electron chi connectivity index (χ1n) is 3.91. The Labute approximate surface area is 72.4 Å². The lowest BCUT2D eigenvalue weighted by Crippen LogP contribution is -1.92. The van der Waals surface area contributed by atoms with Gasteiger partial charge in [0.25, 0.3) is 0 Å². The Hall–Kier alpha value is -1.12. The summed E-state index contributed by atoms with van der Waals surface area (Å²) in [6.07, 6.45) is 0. The van der Waals surface area contributed by atoms with Crippen molar-refractivity contribution in [2.45, 2.75) is 20.8 Å². The fraction of sp³-hybridized carbons (Fsp3) is 0.444. The fourth-order valence-electron chi connectivity index (χ4n) is 0.601. The van der Waals surface area contributed by atoms with E-state index in [0.717, 1.165) is 0 Å². The Morgan fingerprint density at radius 2 is 1.92 bits per heavy atom. The van der Waals surface area contributed by atoms with E-state index in [1.165, 1.54) is 7.11 Å². The van der Waals surface area contributed by atoms with Crippen molar-refractivity contribution < 1.29 is 9.13 Å². The van der Waals surface area contributed by atoms with E-state index < -0.39 is 5.95 Å². The normalized spacial score (nSPS) is 8.42. The number of pyridine rings is 1. The molecule has 0 saturated heterocycles. The molecule has 0 aromatic carbocycles. The predicted molar refractivity (Wildman–Crippen MR) is 46.8 cm³/mol. The predicted octanol–water partition coefficient (Wildman–Crippen LogP) is 2.56. The molecule has 0 N–H and O–H groups in total. The lowest BCUT2D eigenvalue weighted by atomic mass is 10.3. The molecule has 0 aliphatic rings. The van der Waals surface area contributed by atoms with Crippen LogP contribution in [0.5, 0.6) is 5.88 Å². The Bertz CT molecular complexity index is 238. The average Bonchev–Trinajstić information content (AvgIpc) is 2.13. The number of ether oxygens (including phenoxy) is 1. The quantitative estimate of drug-likeness (QED) is 0.606. The van der Waals surface area contributed by atoms with Gasteiger partial charge in [0, 0.05) is 11.6 Å². The molecule has 0 aliphatic heterocycles. The second-order valence-electron chi connectivity index (χ2n) is 1.96. The highest BCUT2D eigenvalue weighted by Gasteiger charge is 1.98. The fourth-order valence-corrected chi connectivity index (χ4v) is 0.601. The van der Waals surface area contributed by atoms with Gasteiger partial charge < -0.3 is 4.74 Å². The summed E-state index contributed by atoms with van der Waals surface area (Å²) in [7, 11) is 1.46. The van der Waals surface area contributed by atoms with E-state index in [9.17, 15) is 4.39 Å². The van der Waals surface area contributed by atoms with Crippen molar-refractivity contribution in [3.05, 3.63) is 23.6 Å². The minimum Gasteiger partial charge on any atom is -0.481 e. The molecule has 68 valence electrons. The molecule has 12 heavy (non-hydrogen) atoms. The van der Waals surface area contributed by atoms with Gasteiger partial charge in [-0.25, -0.2) is 0 Å². The van der Waals surface area contributed by atoms with Crippen molar-refractivity contribution in [2.24, 2.45) is 0 Å². The lowest BCUT2D eigenvalue weighted by Gasteiger charge is -1.98. The number of hydrogen-bond donors (Lipinski definition) is 0. The number of aryl methyl sites for hydroxylation is 1. The summed E-state index contributed by atoms with van der Waals surface area (Å²) >= 11 is 0. The van der Waals surface area contributed by atoms with Crippen LogP contribution in [-0.4, -0.2) is 12.1 Å². The molecule has 0 spiro atoms. The SMILES string of the molecule is CC.COc1ccc(C)c(F)n1. The summed E-state index contributed by atoms with van der Waals surface area (Å²) in [5.74, 6) is -0.164. The monoisotopic (exact) mass is 171 g/mol. The van der Waals surface area contributed by atoms with Crippen molar-refractivity contribution >= 4 is 0 Å². The van der Waals surface area contributed by atoms with Gasteiger partial charge in [0.15, 0.2) is 0 Å². The largest absolute Gasteiger partial charge is 0.481 e. The van der Waals surface area contributed by atoms with Gasteiger partial charge in [-0.1, -0.05) is 13.8 Å². The van der Waals surface area contributed by atoms with Crippen LogP contribution in [0.1, 0.15) is 19.4 Å². The second-order valence-corrected chi connectivity index (χ2v) is 1.96. The van der Waals surface area contributed by atoms with Crippen LogP contribution in [0.15, 0.2) is 12.1 Å². The van der Waals surface area contributed by atoms with E-state index in [1.54, 1.807) is 19.1 Å². The first kappa shape index (κ1) is 10.9. The molecular formula is C9H14FNO. The van der Waals surface area contributed by atoms with Crippen molar-refractivity contribution in [3.8, 4) is 5.88 Å². The van der Waals surface area contributed by atoms with Crippen LogP contribution < -0.4 is 4.74 Å². The van der Waals surface area contributed by atoms with Gasteiger partial charge in [0.2, 0.25) is 11.8 Å². The van der Waals surface area contributed by atoms with Gasteiger partial charge in [-0.05, 0) is 13.0 Å². The zero-order valence-corrected chi connectivity index (χ0v) is 7.89. The van der Waals surface area contributed by atoms with Crippen LogP contribution in [0.2, 0.25) is 0 Å². The highest BCUT2D eigenvalue weighted by Crippen LogP contribution is 2.09. The summed E-state index contributed by atoms with van der Waals surface area (Å²) in [5, 5.41) is 0. The number of methoxy groups -OCH3 is 1. The van der Waals surface area contributed by atoms with Crippen molar-refractivity contribution in [1.29, 1.82) is 0 Å². The molecular weight excluding hydrogens is 157 g/mol.